The van der Waals surface area contributed by atoms with Crippen molar-refractivity contribution in [2.45, 2.75) is 31.2 Å². The largest absolute Gasteiger partial charge is 0.494 e. The number of ether oxygens (including phenoxy) is 1. The van der Waals surface area contributed by atoms with E-state index in [0.717, 1.165) is 30.3 Å². The van der Waals surface area contributed by atoms with Gasteiger partial charge in [-0.1, -0.05) is 30.3 Å². The van der Waals surface area contributed by atoms with Gasteiger partial charge in [0.1, 0.15) is 16.7 Å². The number of aliphatic imine (C=N–C) groups is 1. The lowest BCUT2D eigenvalue weighted by molar-refractivity contribution is -0.384. The Bertz CT molecular complexity index is 1540. The number of hydrogen-bond donors (Lipinski definition) is 2. The van der Waals surface area contributed by atoms with E-state index in [1.165, 1.54) is 4.90 Å². The Morgan fingerprint density at radius 3 is 2.50 bits per heavy atom. The number of amides is 2. The van der Waals surface area contributed by atoms with Crippen LogP contribution in [0.1, 0.15) is 25.3 Å². The fourth-order valence-corrected chi connectivity index (χ4v) is 5.33. The van der Waals surface area contributed by atoms with Gasteiger partial charge in [0.2, 0.25) is 11.8 Å². The van der Waals surface area contributed by atoms with Crippen LogP contribution in [0.25, 0.3) is 0 Å². The average Bonchev–Trinajstić information content (AvgIpc) is 2.98. The van der Waals surface area contributed by atoms with Crippen molar-refractivity contribution >= 4 is 63.1 Å². The Morgan fingerprint density at radius 1 is 1.16 bits per heavy atom. The predicted molar refractivity (Wildman–Crippen MR) is 164 cm³/mol. The highest BCUT2D eigenvalue weighted by atomic mass is 35.5. The maximum absolute atomic E-state index is 13.3. The van der Waals surface area contributed by atoms with Crippen LogP contribution >= 0.6 is 23.4 Å². The molecule has 0 radical (unpaired) electrons. The molecule has 44 heavy (non-hydrogen) atoms. The molecule has 0 unspecified atom stereocenters. The molecule has 1 saturated heterocycles. The number of nitro groups is 1. The minimum Gasteiger partial charge on any atom is -0.494 e. The van der Waals surface area contributed by atoms with Gasteiger partial charge in [-0.2, -0.15) is 13.2 Å². The van der Waals surface area contributed by atoms with Crippen LogP contribution in [0.4, 0.5) is 35.9 Å². The molecule has 1 aliphatic rings. The van der Waals surface area contributed by atoms with Crippen LogP contribution in [-0.4, -0.2) is 51.8 Å². The molecule has 0 aliphatic carbocycles. The van der Waals surface area contributed by atoms with Crippen molar-refractivity contribution < 1.29 is 32.4 Å². The first-order valence-corrected chi connectivity index (χ1v) is 14.6. The lowest BCUT2D eigenvalue weighted by Crippen LogP contribution is -2.46. The molecule has 15 heteroatoms. The molecular formula is C29H27ClF3N5O5S. The summed E-state index contributed by atoms with van der Waals surface area (Å²) in [5.74, 6) is -0.175. The number of carbonyl (C=O) groups excluding carboxylic acids is 2. The number of nitrogens with one attached hydrogen (secondary N) is 2. The van der Waals surface area contributed by atoms with Gasteiger partial charge in [-0.3, -0.25) is 24.6 Å². The summed E-state index contributed by atoms with van der Waals surface area (Å²) in [6.45, 7) is 2.46. The number of hydrogen-bond acceptors (Lipinski definition) is 8. The summed E-state index contributed by atoms with van der Waals surface area (Å²) < 4.78 is 44.8. The number of nitro benzene ring substituents is 1. The smallest absolute Gasteiger partial charge is 0.416 e. The molecule has 1 heterocycles. The molecule has 10 nitrogen and oxygen atoms in total. The molecule has 0 bridgehead atoms. The Labute approximate surface area is 259 Å². The lowest BCUT2D eigenvalue weighted by Gasteiger charge is -2.32. The Balaban J connectivity index is 1.49. The second kappa shape index (κ2) is 14.4. The molecular weight excluding hydrogens is 623 g/mol. The van der Waals surface area contributed by atoms with Gasteiger partial charge in [-0.05, 0) is 67.1 Å². The number of rotatable bonds is 11. The van der Waals surface area contributed by atoms with Crippen molar-refractivity contribution in [2.75, 3.05) is 30.3 Å². The highest BCUT2D eigenvalue weighted by molar-refractivity contribution is 8.15. The van der Waals surface area contributed by atoms with E-state index in [-0.39, 0.29) is 30.4 Å². The summed E-state index contributed by atoms with van der Waals surface area (Å²) in [5.41, 5.74) is -1.06. The molecule has 232 valence electrons. The summed E-state index contributed by atoms with van der Waals surface area (Å²) in [6.07, 6.45) is -4.05. The van der Waals surface area contributed by atoms with Gasteiger partial charge >= 0.3 is 6.18 Å². The van der Waals surface area contributed by atoms with Gasteiger partial charge in [0.05, 0.1) is 22.8 Å². The lowest BCUT2D eigenvalue weighted by atomic mass is 10.1. The normalized spacial score (nSPS) is 16.1. The maximum Gasteiger partial charge on any atom is 0.416 e. The highest BCUT2D eigenvalue weighted by Gasteiger charge is 2.36. The number of alkyl halides is 3. The van der Waals surface area contributed by atoms with Crippen molar-refractivity contribution in [2.24, 2.45) is 4.99 Å². The van der Waals surface area contributed by atoms with E-state index in [0.29, 0.717) is 34.8 Å². The number of anilines is 2. The topological polar surface area (TPSA) is 126 Å². The van der Waals surface area contributed by atoms with E-state index in [9.17, 15) is 32.9 Å². The highest BCUT2D eigenvalue weighted by Crippen LogP contribution is 2.35. The first-order chi connectivity index (χ1) is 20.9. The quantitative estimate of drug-likeness (QED) is 0.167. The standard InChI is InChI=1S/C29H27ClF3N5O5S/c1-2-15-43-22-10-8-20(9-11-22)35-27(40)25-17-26(39)37(28(44-25)36-21-6-4-19(30)5-7-21)14-13-34-23-12-3-18(29(31,32)33)16-24(23)38(41)42/h3-12,16,25,34H,2,13-15,17H2,1H3,(H,35,40)/t25-/m0/s1. The number of carbonyl (C=O) groups is 2. The molecule has 0 saturated carbocycles. The van der Waals surface area contributed by atoms with Crippen LogP contribution < -0.4 is 15.4 Å². The van der Waals surface area contributed by atoms with Crippen LogP contribution in [0.15, 0.2) is 71.7 Å². The van der Waals surface area contributed by atoms with Crippen LogP contribution in [0.3, 0.4) is 0 Å². The van der Waals surface area contributed by atoms with Crippen molar-refractivity contribution in [3.8, 4) is 5.75 Å². The van der Waals surface area contributed by atoms with Crippen molar-refractivity contribution in [3.63, 3.8) is 0 Å². The SMILES string of the molecule is CCCOc1ccc(NC(=O)[C@@H]2CC(=O)N(CCNc3ccc(C(F)(F)F)cc3[N+](=O)[O-])C(=Nc3ccc(Cl)cc3)S2)cc1. The van der Waals surface area contributed by atoms with Gasteiger partial charge < -0.3 is 15.4 Å². The molecule has 0 aromatic heterocycles. The summed E-state index contributed by atoms with van der Waals surface area (Å²) in [4.78, 5) is 42.8. The van der Waals surface area contributed by atoms with E-state index in [1.54, 1.807) is 48.5 Å². The number of thioether (sulfide) groups is 1. The Kier molecular flexibility index (Phi) is 10.7. The number of halogens is 4. The summed E-state index contributed by atoms with van der Waals surface area (Å²) in [7, 11) is 0. The van der Waals surface area contributed by atoms with Gasteiger partial charge in [-0.15, -0.1) is 0 Å². The molecule has 2 amide bonds. The fourth-order valence-electron chi connectivity index (χ4n) is 4.08. The molecule has 2 N–H and O–H groups in total. The predicted octanol–water partition coefficient (Wildman–Crippen LogP) is 7.13. The second-order valence-electron chi connectivity index (χ2n) is 9.50. The molecule has 1 aliphatic heterocycles. The summed E-state index contributed by atoms with van der Waals surface area (Å²) in [6, 6.07) is 15.5. The second-order valence-corrected chi connectivity index (χ2v) is 11.1. The van der Waals surface area contributed by atoms with Crippen LogP contribution in [0.2, 0.25) is 5.02 Å². The zero-order chi connectivity index (χ0) is 31.9. The van der Waals surface area contributed by atoms with Crippen LogP contribution in [0, 0.1) is 10.1 Å². The number of nitrogens with zero attached hydrogens (tertiary/aromatic N) is 3. The molecule has 0 spiro atoms. The van der Waals surface area contributed by atoms with Crippen molar-refractivity contribution in [1.82, 2.24) is 4.90 Å². The zero-order valence-corrected chi connectivity index (χ0v) is 24.8. The van der Waals surface area contributed by atoms with Crippen LogP contribution in [-0.2, 0) is 15.8 Å². The van der Waals surface area contributed by atoms with Crippen molar-refractivity contribution in [1.29, 1.82) is 0 Å². The zero-order valence-electron chi connectivity index (χ0n) is 23.3. The number of benzene rings is 3. The summed E-state index contributed by atoms with van der Waals surface area (Å²) >= 11 is 7.05. The monoisotopic (exact) mass is 649 g/mol. The number of amidine groups is 1. The third kappa shape index (κ3) is 8.63. The molecule has 4 rings (SSSR count). The fraction of sp³-hybridized carbons (Fsp3) is 0.276. The summed E-state index contributed by atoms with van der Waals surface area (Å²) in [5, 5.41) is 16.9. The van der Waals surface area contributed by atoms with E-state index in [2.05, 4.69) is 15.6 Å². The third-order valence-electron chi connectivity index (χ3n) is 6.25. The molecule has 1 fully saturated rings. The first-order valence-electron chi connectivity index (χ1n) is 13.4. The van der Waals surface area contributed by atoms with Gasteiger partial charge in [0.15, 0.2) is 5.17 Å². The van der Waals surface area contributed by atoms with Crippen molar-refractivity contribution in [3.05, 3.63) is 87.4 Å². The molecule has 1 atom stereocenters. The molecule has 3 aromatic rings. The maximum atomic E-state index is 13.3. The van der Waals surface area contributed by atoms with E-state index >= 15 is 0 Å². The van der Waals surface area contributed by atoms with Gasteiger partial charge in [0.25, 0.3) is 5.69 Å². The van der Waals surface area contributed by atoms with Crippen LogP contribution in [0.5, 0.6) is 5.75 Å². The van der Waals surface area contributed by atoms with E-state index in [1.807, 2.05) is 6.92 Å². The average molecular weight is 650 g/mol. The van der Waals surface area contributed by atoms with E-state index < -0.39 is 39.4 Å². The van der Waals surface area contributed by atoms with Gasteiger partial charge in [0, 0.05) is 36.3 Å². The third-order valence-corrected chi connectivity index (χ3v) is 7.69. The minimum atomic E-state index is -4.75. The Hall–Kier alpha value is -4.30. The Morgan fingerprint density at radius 2 is 1.86 bits per heavy atom. The van der Waals surface area contributed by atoms with Gasteiger partial charge in [-0.25, -0.2) is 4.99 Å². The minimum absolute atomic E-state index is 0.0377. The first kappa shape index (κ1) is 32.6. The molecule has 3 aromatic carbocycles. The van der Waals surface area contributed by atoms with E-state index in [4.69, 9.17) is 16.3 Å².